The zero-order valence-electron chi connectivity index (χ0n) is 9.48. The molecule has 0 saturated heterocycles. The zero-order valence-corrected chi connectivity index (χ0v) is 13.1. The van der Waals surface area contributed by atoms with Crippen molar-refractivity contribution in [1.82, 2.24) is 8.54 Å². The van der Waals surface area contributed by atoms with Gasteiger partial charge in [-0.2, -0.15) is 0 Å². The molecule has 0 unspecified atom stereocenters. The second-order valence-corrected chi connectivity index (χ2v) is 5.23. The monoisotopic (exact) mass is 342 g/mol. The van der Waals surface area contributed by atoms with Gasteiger partial charge >= 0.3 is 0 Å². The smallest absolute Gasteiger partial charge is 0.258 e. The normalized spacial score (nSPS) is 10.9. The molecule has 8 heteroatoms. The van der Waals surface area contributed by atoms with Crippen molar-refractivity contribution in [3.8, 4) is 0 Å². The Labute approximate surface area is 128 Å². The summed E-state index contributed by atoms with van der Waals surface area (Å²) in [6.45, 7) is 0. The topological polar surface area (TPSA) is 78.1 Å². The van der Waals surface area contributed by atoms with Gasteiger partial charge in [-0.3, -0.25) is 4.79 Å². The van der Waals surface area contributed by atoms with E-state index in [1.165, 1.54) is 31.3 Å². The summed E-state index contributed by atoms with van der Waals surface area (Å²) in [5.41, 5.74) is -1.74. The third-order valence-corrected chi connectivity index (χ3v) is 3.95. The Balaban J connectivity index is 0.00000162. The van der Waals surface area contributed by atoms with E-state index in [9.17, 15) is 18.0 Å². The van der Waals surface area contributed by atoms with Gasteiger partial charge in [-0.15, -0.1) is 0 Å². The first-order valence-electron chi connectivity index (χ1n) is 4.70. The summed E-state index contributed by atoms with van der Waals surface area (Å²) in [5, 5.41) is 0. The average molecular weight is 342 g/mol. The molecule has 2 rings (SSSR count). The Kier molecular flexibility index (Phi) is 4.52. The molecule has 0 aliphatic heterocycles. The largest absolute Gasteiger partial charge is 0.454 e. The van der Waals surface area contributed by atoms with Gasteiger partial charge in [-0.1, -0.05) is 24.4 Å². The van der Waals surface area contributed by atoms with Crippen molar-refractivity contribution in [2.75, 3.05) is 0 Å². The van der Waals surface area contributed by atoms with E-state index >= 15 is 0 Å². The van der Waals surface area contributed by atoms with Crippen molar-refractivity contribution in [1.29, 1.82) is 0 Å². The maximum absolute atomic E-state index is 12.0. The number of hydrogen-bond donors (Lipinski definition) is 0. The first kappa shape index (κ1) is 15.1. The molecule has 0 aliphatic rings. The van der Waals surface area contributed by atoms with Crippen molar-refractivity contribution >= 4 is 10.0 Å². The summed E-state index contributed by atoms with van der Waals surface area (Å²) in [6.07, 6.45) is 0.933. The van der Waals surface area contributed by atoms with Crippen LogP contribution in [-0.4, -0.2) is 17.0 Å². The molecule has 0 atom stereocenters. The molecular formula is C10H9N2O4SY-. The second-order valence-electron chi connectivity index (χ2n) is 3.44. The standard InChI is InChI=1S/C10H9N2O4S.Y/c1-11-7-9(13)12(10(11)14)17(15,16)8-5-3-2-4-6-8;/h2-7H,1H3;/q-1;. The van der Waals surface area contributed by atoms with Gasteiger partial charge in [-0.25, -0.2) is 12.4 Å². The van der Waals surface area contributed by atoms with E-state index in [4.69, 9.17) is 0 Å². The van der Waals surface area contributed by atoms with Crippen LogP contribution in [0.5, 0.6) is 0 Å². The predicted octanol–water partition coefficient (Wildman–Crippen LogP) is -0.500. The van der Waals surface area contributed by atoms with Crippen molar-refractivity contribution in [2.24, 2.45) is 7.05 Å². The van der Waals surface area contributed by atoms with Crippen LogP contribution in [0.15, 0.2) is 51.0 Å². The van der Waals surface area contributed by atoms with Crippen LogP contribution in [0.25, 0.3) is 0 Å². The Bertz CT molecular complexity index is 755. The Morgan fingerprint density at radius 1 is 1.11 bits per heavy atom. The molecule has 0 spiro atoms. The fraction of sp³-hybridized carbons (Fsp3) is 0.100. The van der Waals surface area contributed by atoms with E-state index < -0.39 is 21.3 Å². The number of rotatable bonds is 2. The molecule has 1 aromatic heterocycles. The molecular weight excluding hydrogens is 333 g/mol. The SMILES string of the molecule is Cn1[cH-]c(=O)n(S(=O)(=O)c2ccccc2)c1=O.[Y]. The van der Waals surface area contributed by atoms with Crippen LogP contribution in [0.2, 0.25) is 0 Å². The molecule has 1 aromatic carbocycles. The van der Waals surface area contributed by atoms with Crippen LogP contribution in [0.4, 0.5) is 0 Å². The number of benzene rings is 1. The summed E-state index contributed by atoms with van der Waals surface area (Å²) in [5.74, 6) is 0. The van der Waals surface area contributed by atoms with E-state index in [-0.39, 0.29) is 41.6 Å². The van der Waals surface area contributed by atoms with Crippen LogP contribution >= 0.6 is 0 Å². The van der Waals surface area contributed by atoms with Gasteiger partial charge in [-0.05, 0) is 19.2 Å². The number of imidazole rings is 1. The van der Waals surface area contributed by atoms with Crippen LogP contribution < -0.4 is 11.2 Å². The molecule has 18 heavy (non-hydrogen) atoms. The van der Waals surface area contributed by atoms with E-state index in [1.807, 2.05) is 0 Å². The predicted molar refractivity (Wildman–Crippen MR) is 60.6 cm³/mol. The first-order valence-corrected chi connectivity index (χ1v) is 6.14. The fourth-order valence-corrected chi connectivity index (χ4v) is 2.76. The number of nitrogens with zero attached hydrogens (tertiary/aromatic N) is 2. The first-order chi connectivity index (χ1) is 7.94. The molecule has 1 heterocycles. The number of hydrogen-bond acceptors (Lipinski definition) is 4. The number of aryl methyl sites for hydroxylation is 1. The molecule has 93 valence electrons. The maximum Gasteiger partial charge on any atom is 0.258 e. The van der Waals surface area contributed by atoms with Crippen molar-refractivity contribution in [3.05, 3.63) is 57.4 Å². The minimum atomic E-state index is -4.11. The molecule has 0 bridgehead atoms. The van der Waals surface area contributed by atoms with Gasteiger partial charge in [0.2, 0.25) is 0 Å². The summed E-state index contributed by atoms with van der Waals surface area (Å²) >= 11 is 0. The van der Waals surface area contributed by atoms with Gasteiger partial charge in [0.1, 0.15) is 0 Å². The number of aromatic nitrogens is 2. The summed E-state index contributed by atoms with van der Waals surface area (Å²) in [7, 11) is -2.79. The van der Waals surface area contributed by atoms with Gasteiger partial charge in [0.15, 0.2) is 11.2 Å². The Morgan fingerprint density at radius 2 is 1.67 bits per heavy atom. The molecule has 1 radical (unpaired) electrons. The fourth-order valence-electron chi connectivity index (χ4n) is 1.43. The van der Waals surface area contributed by atoms with E-state index in [0.29, 0.717) is 0 Å². The zero-order chi connectivity index (χ0) is 12.6. The second kappa shape index (κ2) is 5.38. The summed E-state index contributed by atoms with van der Waals surface area (Å²) < 4.78 is 25.3. The van der Waals surface area contributed by atoms with E-state index in [2.05, 4.69) is 0 Å². The molecule has 0 amide bonds. The average Bonchev–Trinajstić information content (AvgIpc) is 2.54. The van der Waals surface area contributed by atoms with E-state index in [1.54, 1.807) is 6.07 Å². The van der Waals surface area contributed by atoms with Gasteiger partial charge in [0.05, 0.1) is 4.90 Å². The minimum Gasteiger partial charge on any atom is -0.454 e. The molecule has 0 fully saturated rings. The van der Waals surface area contributed by atoms with Gasteiger partial charge in [0.25, 0.3) is 10.0 Å². The van der Waals surface area contributed by atoms with Crippen molar-refractivity contribution < 1.29 is 41.1 Å². The van der Waals surface area contributed by atoms with Gasteiger partial charge in [0, 0.05) is 32.7 Å². The third kappa shape index (κ3) is 2.43. The molecule has 0 aliphatic carbocycles. The molecule has 6 nitrogen and oxygen atoms in total. The van der Waals surface area contributed by atoms with Crippen LogP contribution in [0.3, 0.4) is 0 Å². The van der Waals surface area contributed by atoms with Crippen LogP contribution in [0, 0.1) is 0 Å². The Morgan fingerprint density at radius 3 is 2.11 bits per heavy atom. The van der Waals surface area contributed by atoms with Crippen LogP contribution in [-0.2, 0) is 49.8 Å². The Hall–Kier alpha value is -0.916. The maximum atomic E-state index is 12.0. The minimum absolute atomic E-state index is 0. The van der Waals surface area contributed by atoms with E-state index in [0.717, 1.165) is 10.8 Å². The van der Waals surface area contributed by atoms with Crippen molar-refractivity contribution in [2.45, 2.75) is 4.90 Å². The van der Waals surface area contributed by atoms with Crippen LogP contribution in [0.1, 0.15) is 0 Å². The van der Waals surface area contributed by atoms with Gasteiger partial charge < -0.3 is 9.36 Å². The summed E-state index contributed by atoms with van der Waals surface area (Å²) in [6, 6.07) is 7.34. The third-order valence-electron chi connectivity index (χ3n) is 2.26. The quantitative estimate of drug-likeness (QED) is 0.690. The summed E-state index contributed by atoms with van der Waals surface area (Å²) in [4.78, 5) is 22.9. The van der Waals surface area contributed by atoms with Crippen molar-refractivity contribution in [3.63, 3.8) is 0 Å². The molecule has 0 saturated carbocycles. The molecule has 2 aromatic rings. The molecule has 0 N–H and O–H groups in total.